The van der Waals surface area contributed by atoms with Gasteiger partial charge in [0, 0.05) is 17.3 Å². The monoisotopic (exact) mass is 228 g/mol. The van der Waals surface area contributed by atoms with Crippen LogP contribution in [0.1, 0.15) is 0 Å². The predicted molar refractivity (Wildman–Crippen MR) is 65.7 cm³/mol. The Morgan fingerprint density at radius 1 is 1.06 bits per heavy atom. The minimum absolute atomic E-state index is 0.125. The van der Waals surface area contributed by atoms with Gasteiger partial charge >= 0.3 is 0 Å². The summed E-state index contributed by atoms with van der Waals surface area (Å²) in [5.41, 5.74) is 1.23. The topological polar surface area (TPSA) is 45.8 Å². The molecule has 3 rings (SSSR count). The fraction of sp³-hybridized carbons (Fsp3) is 0. The molecule has 2 aromatic carbocycles. The summed E-state index contributed by atoms with van der Waals surface area (Å²) in [6.45, 7) is 0. The van der Waals surface area contributed by atoms with E-state index in [-0.39, 0.29) is 5.56 Å². The molecule has 3 aromatic rings. The molecule has 0 amide bonds. The molecule has 78 valence electrons. The molecule has 16 heavy (non-hydrogen) atoms. The summed E-state index contributed by atoms with van der Waals surface area (Å²) in [6.07, 6.45) is 0. The maximum Gasteiger partial charge on any atom is 0.285 e. The largest absolute Gasteiger partial charge is 0.285 e. The number of nitrogens with zero attached hydrogens (tertiary/aromatic N) is 1. The maximum absolute atomic E-state index is 11.4. The van der Waals surface area contributed by atoms with E-state index in [4.69, 9.17) is 0 Å². The van der Waals surface area contributed by atoms with Crippen LogP contribution in [0.15, 0.2) is 47.3 Å². The molecule has 0 aliphatic heterocycles. The Balaban J connectivity index is 2.27. The normalized spacial score (nSPS) is 10.8. The number of fused-ring (bicyclic) bond motifs is 1. The number of nitrogens with one attached hydrogen (secondary N) is 1. The third-order valence-corrected chi connectivity index (χ3v) is 3.06. The van der Waals surface area contributed by atoms with Gasteiger partial charge in [0.05, 0.1) is 0 Å². The van der Waals surface area contributed by atoms with Crippen molar-refractivity contribution in [3.05, 3.63) is 52.8 Å². The van der Waals surface area contributed by atoms with Crippen molar-refractivity contribution in [3.8, 4) is 11.3 Å². The Morgan fingerprint density at radius 3 is 2.62 bits per heavy atom. The molecule has 1 aromatic heterocycles. The van der Waals surface area contributed by atoms with E-state index in [0.717, 1.165) is 28.1 Å². The quantitative estimate of drug-likeness (QED) is 0.696. The van der Waals surface area contributed by atoms with Crippen molar-refractivity contribution in [1.29, 1.82) is 0 Å². The summed E-state index contributed by atoms with van der Waals surface area (Å²) >= 11 is 1.08. The first-order valence-electron chi connectivity index (χ1n) is 4.88. The Hall–Kier alpha value is -1.94. The van der Waals surface area contributed by atoms with Gasteiger partial charge in [0.1, 0.15) is 0 Å². The van der Waals surface area contributed by atoms with Crippen LogP contribution in [0.4, 0.5) is 0 Å². The minimum Gasteiger partial charge on any atom is -0.266 e. The first-order valence-corrected chi connectivity index (χ1v) is 5.65. The molecule has 0 aliphatic rings. The molecule has 0 radical (unpaired) electrons. The van der Waals surface area contributed by atoms with Gasteiger partial charge in [-0.1, -0.05) is 36.4 Å². The van der Waals surface area contributed by atoms with Gasteiger partial charge in [0.2, 0.25) is 0 Å². The number of hydrogen-bond donors (Lipinski definition) is 1. The van der Waals surface area contributed by atoms with Crippen molar-refractivity contribution in [3.63, 3.8) is 0 Å². The highest BCUT2D eigenvalue weighted by molar-refractivity contribution is 6.99. The molecule has 4 heteroatoms. The van der Waals surface area contributed by atoms with Crippen LogP contribution in [0.25, 0.3) is 22.0 Å². The van der Waals surface area contributed by atoms with Crippen LogP contribution >= 0.6 is 11.7 Å². The predicted octanol–water partition coefficient (Wildman–Crippen LogP) is 2.65. The molecule has 1 N–H and O–H groups in total. The van der Waals surface area contributed by atoms with Gasteiger partial charge in [-0.05, 0) is 16.8 Å². The van der Waals surface area contributed by atoms with Crippen LogP contribution in [0, 0.1) is 0 Å². The third kappa shape index (κ3) is 1.44. The van der Waals surface area contributed by atoms with E-state index < -0.39 is 0 Å². The lowest BCUT2D eigenvalue weighted by molar-refractivity contribution is 1.39. The third-order valence-electron chi connectivity index (χ3n) is 2.51. The van der Waals surface area contributed by atoms with E-state index in [0.29, 0.717) is 5.69 Å². The van der Waals surface area contributed by atoms with E-state index in [1.165, 1.54) is 0 Å². The fourth-order valence-corrected chi connectivity index (χ4v) is 2.22. The van der Waals surface area contributed by atoms with Crippen molar-refractivity contribution in [1.82, 2.24) is 8.75 Å². The summed E-state index contributed by atoms with van der Waals surface area (Å²) in [7, 11) is 0. The van der Waals surface area contributed by atoms with Crippen LogP contribution in [0.3, 0.4) is 0 Å². The van der Waals surface area contributed by atoms with Crippen LogP contribution in [0.2, 0.25) is 0 Å². The lowest BCUT2D eigenvalue weighted by Crippen LogP contribution is -2.01. The van der Waals surface area contributed by atoms with Gasteiger partial charge < -0.3 is 0 Å². The Labute approximate surface area is 95.7 Å². The highest BCUT2D eigenvalue weighted by Gasteiger charge is 2.06. The van der Waals surface area contributed by atoms with Gasteiger partial charge in [0.15, 0.2) is 5.69 Å². The minimum atomic E-state index is -0.125. The molecule has 0 spiro atoms. The zero-order valence-corrected chi connectivity index (χ0v) is 9.12. The lowest BCUT2D eigenvalue weighted by Gasteiger charge is -1.99. The van der Waals surface area contributed by atoms with E-state index in [1.807, 2.05) is 42.5 Å². The van der Waals surface area contributed by atoms with E-state index in [9.17, 15) is 4.79 Å². The first kappa shape index (κ1) is 9.30. The second-order valence-electron chi connectivity index (χ2n) is 3.52. The summed E-state index contributed by atoms with van der Waals surface area (Å²) in [5.74, 6) is 0. The number of aromatic nitrogens is 2. The lowest BCUT2D eigenvalue weighted by atomic mass is 10.1. The summed E-state index contributed by atoms with van der Waals surface area (Å²) in [4.78, 5) is 11.4. The first-order chi connectivity index (χ1) is 7.84. The highest BCUT2D eigenvalue weighted by atomic mass is 32.1. The van der Waals surface area contributed by atoms with Crippen molar-refractivity contribution < 1.29 is 0 Å². The zero-order chi connectivity index (χ0) is 11.0. The standard InChI is InChI=1S/C12H8N2OS/c15-12-11(13-16-14-12)10-6-5-8-3-1-2-4-9(8)7-10/h1-7H,(H,14,15). The molecule has 0 fully saturated rings. The molecule has 0 unspecified atom stereocenters. The van der Waals surface area contributed by atoms with Crippen LogP contribution in [-0.4, -0.2) is 8.75 Å². The molecule has 3 nitrogen and oxygen atoms in total. The Bertz CT molecular complexity index is 699. The molecule has 1 heterocycles. The van der Waals surface area contributed by atoms with Crippen molar-refractivity contribution in [2.45, 2.75) is 0 Å². The van der Waals surface area contributed by atoms with Crippen LogP contribution in [0.5, 0.6) is 0 Å². The summed E-state index contributed by atoms with van der Waals surface area (Å²) in [6, 6.07) is 14.0. The molecule has 0 saturated carbocycles. The van der Waals surface area contributed by atoms with Crippen molar-refractivity contribution >= 4 is 22.5 Å². The number of aromatic amines is 1. The average molecular weight is 228 g/mol. The summed E-state index contributed by atoms with van der Waals surface area (Å²) in [5, 5.41) is 2.28. The molecule has 0 bridgehead atoms. The molecule has 0 aliphatic carbocycles. The van der Waals surface area contributed by atoms with Crippen LogP contribution < -0.4 is 5.56 Å². The van der Waals surface area contributed by atoms with Crippen molar-refractivity contribution in [2.75, 3.05) is 0 Å². The van der Waals surface area contributed by atoms with E-state index in [1.54, 1.807) is 0 Å². The van der Waals surface area contributed by atoms with Gasteiger partial charge in [0.25, 0.3) is 5.56 Å². The molecule has 0 saturated heterocycles. The highest BCUT2D eigenvalue weighted by Crippen LogP contribution is 2.21. The number of rotatable bonds is 1. The van der Waals surface area contributed by atoms with Crippen molar-refractivity contribution in [2.24, 2.45) is 0 Å². The van der Waals surface area contributed by atoms with E-state index in [2.05, 4.69) is 8.75 Å². The number of H-pyrrole nitrogens is 1. The number of hydrogen-bond acceptors (Lipinski definition) is 3. The van der Waals surface area contributed by atoms with Crippen LogP contribution in [-0.2, 0) is 0 Å². The zero-order valence-electron chi connectivity index (χ0n) is 8.31. The Morgan fingerprint density at radius 2 is 1.88 bits per heavy atom. The second-order valence-corrected chi connectivity index (χ2v) is 4.09. The molecular weight excluding hydrogens is 220 g/mol. The van der Waals surface area contributed by atoms with E-state index >= 15 is 0 Å². The summed E-state index contributed by atoms with van der Waals surface area (Å²) < 4.78 is 6.66. The molecular formula is C12H8N2OS. The van der Waals surface area contributed by atoms with Gasteiger partial charge in [-0.2, -0.15) is 4.37 Å². The fourth-order valence-electron chi connectivity index (χ4n) is 1.72. The smallest absolute Gasteiger partial charge is 0.266 e. The second kappa shape index (κ2) is 3.57. The number of benzene rings is 2. The van der Waals surface area contributed by atoms with Gasteiger partial charge in [-0.25, -0.2) is 0 Å². The average Bonchev–Trinajstić information content (AvgIpc) is 2.75. The van der Waals surface area contributed by atoms with Gasteiger partial charge in [-0.3, -0.25) is 9.17 Å². The molecule has 0 atom stereocenters. The maximum atomic E-state index is 11.4. The van der Waals surface area contributed by atoms with Gasteiger partial charge in [-0.15, -0.1) is 0 Å². The SMILES string of the molecule is O=c1[nH]snc1-c1ccc2ccccc2c1. The Kier molecular flexibility index (Phi) is 2.08.